The molecule has 0 unspecified atom stereocenters. The first-order chi connectivity index (χ1) is 6.07. The van der Waals surface area contributed by atoms with Crippen LogP contribution in [0.3, 0.4) is 0 Å². The molecule has 70 valence electrons. The van der Waals surface area contributed by atoms with E-state index in [1.54, 1.807) is 6.07 Å². The number of hydrogen-bond acceptors (Lipinski definition) is 1. The van der Waals surface area contributed by atoms with E-state index >= 15 is 0 Å². The molecule has 0 aliphatic carbocycles. The van der Waals surface area contributed by atoms with Gasteiger partial charge in [0.15, 0.2) is 0 Å². The molecule has 0 bridgehead atoms. The predicted molar refractivity (Wildman–Crippen MR) is 53.1 cm³/mol. The van der Waals surface area contributed by atoms with E-state index in [0.29, 0.717) is 5.56 Å². The maximum atomic E-state index is 13.2. The Bertz CT molecular complexity index is 329. The van der Waals surface area contributed by atoms with Crippen molar-refractivity contribution in [2.75, 3.05) is 0 Å². The highest BCUT2D eigenvalue weighted by molar-refractivity contribution is 5.80. The average Bonchev–Trinajstić information content (AvgIpc) is 2.07. The molecule has 1 N–H and O–H groups in total. The maximum Gasteiger partial charge on any atom is 0.132 e. The van der Waals surface area contributed by atoms with Crippen LogP contribution in [0.15, 0.2) is 12.1 Å². The average molecular weight is 179 g/mol. The summed E-state index contributed by atoms with van der Waals surface area (Å²) in [4.78, 5) is 0. The smallest absolute Gasteiger partial charge is 0.132 e. The van der Waals surface area contributed by atoms with Gasteiger partial charge in [0.1, 0.15) is 5.82 Å². The minimum absolute atomic E-state index is 0.257. The highest BCUT2D eigenvalue weighted by Gasteiger charge is 2.11. The lowest BCUT2D eigenvalue weighted by molar-refractivity contribution is 0.620. The van der Waals surface area contributed by atoms with Gasteiger partial charge < -0.3 is 5.41 Å². The predicted octanol–water partition coefficient (Wildman–Crippen LogP) is 3.26. The van der Waals surface area contributed by atoms with Crippen LogP contribution in [0, 0.1) is 18.2 Å². The van der Waals surface area contributed by atoms with Crippen molar-refractivity contribution < 1.29 is 4.39 Å². The summed E-state index contributed by atoms with van der Waals surface area (Å²) < 4.78 is 13.2. The lowest BCUT2D eigenvalue weighted by Crippen LogP contribution is -2.01. The Morgan fingerprint density at radius 1 is 1.38 bits per heavy atom. The molecule has 0 amide bonds. The summed E-state index contributed by atoms with van der Waals surface area (Å²) in [7, 11) is 0. The second-order valence-corrected chi connectivity index (χ2v) is 3.49. The Labute approximate surface area is 78.1 Å². The van der Waals surface area contributed by atoms with Crippen LogP contribution >= 0.6 is 0 Å². The summed E-state index contributed by atoms with van der Waals surface area (Å²) in [6.45, 7) is 5.96. The van der Waals surface area contributed by atoms with E-state index in [4.69, 9.17) is 5.41 Å². The highest BCUT2D eigenvalue weighted by atomic mass is 19.1. The molecule has 0 saturated heterocycles. The van der Waals surface area contributed by atoms with Crippen molar-refractivity contribution in [1.82, 2.24) is 0 Å². The summed E-state index contributed by atoms with van der Waals surface area (Å²) in [6, 6.07) is 3.18. The van der Waals surface area contributed by atoms with Crippen LogP contribution in [0.1, 0.15) is 36.5 Å². The maximum absolute atomic E-state index is 13.2. The van der Waals surface area contributed by atoms with E-state index in [2.05, 4.69) is 0 Å². The van der Waals surface area contributed by atoms with Crippen molar-refractivity contribution in [3.8, 4) is 0 Å². The molecule has 0 aliphatic rings. The Morgan fingerprint density at radius 3 is 2.38 bits per heavy atom. The summed E-state index contributed by atoms with van der Waals surface area (Å²) in [5.41, 5.74) is 2.42. The minimum Gasteiger partial charge on any atom is -0.308 e. The normalized spacial score (nSPS) is 10.5. The van der Waals surface area contributed by atoms with Crippen molar-refractivity contribution >= 4 is 6.21 Å². The molecule has 1 aromatic carbocycles. The Kier molecular flexibility index (Phi) is 2.81. The van der Waals surface area contributed by atoms with Gasteiger partial charge in [0.2, 0.25) is 0 Å². The number of halogens is 1. The van der Waals surface area contributed by atoms with Crippen LogP contribution in [-0.2, 0) is 0 Å². The topological polar surface area (TPSA) is 23.9 Å². The third kappa shape index (κ3) is 1.77. The molecule has 0 radical (unpaired) electrons. The first-order valence-corrected chi connectivity index (χ1v) is 4.37. The summed E-state index contributed by atoms with van der Waals surface area (Å²) in [5.74, 6) is -0.0448. The van der Waals surface area contributed by atoms with Gasteiger partial charge in [-0.2, -0.15) is 0 Å². The molecule has 1 aromatic rings. The van der Waals surface area contributed by atoms with Crippen LogP contribution < -0.4 is 0 Å². The second-order valence-electron chi connectivity index (χ2n) is 3.49. The van der Waals surface area contributed by atoms with Crippen molar-refractivity contribution in [3.05, 3.63) is 34.6 Å². The summed E-state index contributed by atoms with van der Waals surface area (Å²) in [6.07, 6.45) is 1.09. The van der Waals surface area contributed by atoms with Crippen LogP contribution in [0.4, 0.5) is 4.39 Å². The van der Waals surface area contributed by atoms with E-state index in [0.717, 1.165) is 17.3 Å². The van der Waals surface area contributed by atoms with Crippen LogP contribution in [0.5, 0.6) is 0 Å². The van der Waals surface area contributed by atoms with E-state index in [9.17, 15) is 4.39 Å². The molecular weight excluding hydrogens is 165 g/mol. The summed E-state index contributed by atoms with van der Waals surface area (Å²) in [5, 5.41) is 7.15. The van der Waals surface area contributed by atoms with Gasteiger partial charge in [0.25, 0.3) is 0 Å². The number of aryl methyl sites for hydroxylation is 1. The molecule has 13 heavy (non-hydrogen) atoms. The van der Waals surface area contributed by atoms with Gasteiger partial charge in [-0.3, -0.25) is 0 Å². The molecule has 0 atom stereocenters. The number of benzene rings is 1. The van der Waals surface area contributed by atoms with Crippen molar-refractivity contribution in [3.63, 3.8) is 0 Å². The monoisotopic (exact) mass is 179 g/mol. The zero-order chi connectivity index (χ0) is 10.0. The fourth-order valence-corrected chi connectivity index (χ4v) is 1.63. The summed E-state index contributed by atoms with van der Waals surface area (Å²) >= 11 is 0. The molecule has 0 aromatic heterocycles. The van der Waals surface area contributed by atoms with Gasteiger partial charge in [0, 0.05) is 11.8 Å². The molecule has 1 nitrogen and oxygen atoms in total. The SMILES string of the molecule is Cc1ccc(F)c(C=N)c1C(C)C. The quantitative estimate of drug-likeness (QED) is 0.674. The van der Waals surface area contributed by atoms with Gasteiger partial charge in [0.05, 0.1) is 0 Å². The Hall–Kier alpha value is -1.18. The largest absolute Gasteiger partial charge is 0.308 e. The molecule has 0 aliphatic heterocycles. The fraction of sp³-hybridized carbons (Fsp3) is 0.364. The van der Waals surface area contributed by atoms with Crippen molar-refractivity contribution in [1.29, 1.82) is 5.41 Å². The minimum atomic E-state index is -0.302. The van der Waals surface area contributed by atoms with Crippen LogP contribution in [0.2, 0.25) is 0 Å². The Morgan fingerprint density at radius 2 is 2.00 bits per heavy atom. The van der Waals surface area contributed by atoms with Gasteiger partial charge in [-0.1, -0.05) is 19.9 Å². The number of nitrogens with one attached hydrogen (secondary N) is 1. The first-order valence-electron chi connectivity index (χ1n) is 4.37. The lowest BCUT2D eigenvalue weighted by Gasteiger charge is -2.13. The zero-order valence-electron chi connectivity index (χ0n) is 8.19. The van der Waals surface area contributed by atoms with Gasteiger partial charge in [-0.15, -0.1) is 0 Å². The van der Waals surface area contributed by atoms with Gasteiger partial charge in [-0.25, -0.2) is 4.39 Å². The highest BCUT2D eigenvalue weighted by Crippen LogP contribution is 2.24. The molecule has 0 heterocycles. The van der Waals surface area contributed by atoms with Crippen molar-refractivity contribution in [2.24, 2.45) is 0 Å². The lowest BCUT2D eigenvalue weighted by atomic mass is 9.93. The Balaban J connectivity index is 3.43. The van der Waals surface area contributed by atoms with Gasteiger partial charge >= 0.3 is 0 Å². The molecule has 0 fully saturated rings. The molecule has 0 spiro atoms. The third-order valence-corrected chi connectivity index (χ3v) is 2.17. The molecule has 1 rings (SSSR count). The van der Waals surface area contributed by atoms with E-state index in [1.165, 1.54) is 6.07 Å². The van der Waals surface area contributed by atoms with Crippen LogP contribution in [-0.4, -0.2) is 6.21 Å². The van der Waals surface area contributed by atoms with E-state index in [1.807, 2.05) is 20.8 Å². The molecular formula is C11H14FN. The zero-order valence-corrected chi connectivity index (χ0v) is 8.19. The van der Waals surface area contributed by atoms with E-state index < -0.39 is 0 Å². The second kappa shape index (κ2) is 3.69. The van der Waals surface area contributed by atoms with Gasteiger partial charge in [-0.05, 0) is 30.0 Å². The standard InChI is InChI=1S/C11H14FN/c1-7(2)11-8(3)4-5-10(12)9(11)6-13/h4-7,13H,1-3H3. The van der Waals surface area contributed by atoms with E-state index in [-0.39, 0.29) is 11.7 Å². The number of hydrogen-bond donors (Lipinski definition) is 1. The fourth-order valence-electron chi connectivity index (χ4n) is 1.63. The van der Waals surface area contributed by atoms with Crippen LogP contribution in [0.25, 0.3) is 0 Å². The third-order valence-electron chi connectivity index (χ3n) is 2.17. The number of rotatable bonds is 2. The molecule has 0 saturated carbocycles. The first kappa shape index (κ1) is 9.90. The molecule has 2 heteroatoms. The van der Waals surface area contributed by atoms with Crippen molar-refractivity contribution in [2.45, 2.75) is 26.7 Å².